The Balaban J connectivity index is 2.33. The molecule has 0 saturated heterocycles. The fourth-order valence-corrected chi connectivity index (χ4v) is 1.74. The lowest BCUT2D eigenvalue weighted by Gasteiger charge is -2.23. The fourth-order valence-electron chi connectivity index (χ4n) is 1.74. The van der Waals surface area contributed by atoms with Crippen molar-refractivity contribution in [2.45, 2.75) is 32.2 Å². The molecule has 1 atom stereocenters. The second-order valence-electron chi connectivity index (χ2n) is 4.35. The van der Waals surface area contributed by atoms with Crippen LogP contribution in [0.25, 0.3) is 0 Å². The van der Waals surface area contributed by atoms with Gasteiger partial charge >= 0.3 is 0 Å². The van der Waals surface area contributed by atoms with Gasteiger partial charge in [-0.25, -0.2) is 0 Å². The molecule has 0 aliphatic heterocycles. The summed E-state index contributed by atoms with van der Waals surface area (Å²) < 4.78 is 13.7. The van der Waals surface area contributed by atoms with Gasteiger partial charge in [-0.05, 0) is 39.8 Å². The van der Waals surface area contributed by atoms with Crippen LogP contribution in [0.15, 0.2) is 12.4 Å². The van der Waals surface area contributed by atoms with Crippen LogP contribution < -0.4 is 0 Å². The van der Waals surface area contributed by atoms with Crippen LogP contribution in [0.4, 0.5) is 4.39 Å². The summed E-state index contributed by atoms with van der Waals surface area (Å²) in [6, 6.07) is 0.374. The number of hydrogen-bond acceptors (Lipinski definition) is 2. The van der Waals surface area contributed by atoms with Gasteiger partial charge in [0.25, 0.3) is 0 Å². The van der Waals surface area contributed by atoms with Crippen LogP contribution in [0.3, 0.4) is 0 Å². The van der Waals surface area contributed by atoms with Crippen molar-refractivity contribution in [1.82, 2.24) is 14.7 Å². The van der Waals surface area contributed by atoms with Crippen LogP contribution in [0.2, 0.25) is 0 Å². The second-order valence-corrected chi connectivity index (χ2v) is 4.35. The van der Waals surface area contributed by atoms with Gasteiger partial charge in [0.1, 0.15) is 0 Å². The first-order valence-electron chi connectivity index (χ1n) is 5.90. The molecular formula is C12H22FN3. The minimum Gasteiger partial charge on any atom is -0.300 e. The first-order valence-corrected chi connectivity index (χ1v) is 5.90. The highest BCUT2D eigenvalue weighted by Crippen LogP contribution is 2.17. The lowest BCUT2D eigenvalue weighted by molar-refractivity contribution is 0.254. The third kappa shape index (κ3) is 3.93. The van der Waals surface area contributed by atoms with E-state index in [-0.39, 0.29) is 6.67 Å². The number of hydrogen-bond donors (Lipinski definition) is 0. The Kier molecular flexibility index (Phi) is 5.46. The van der Waals surface area contributed by atoms with Crippen molar-refractivity contribution in [3.05, 3.63) is 18.0 Å². The molecule has 1 rings (SSSR count). The number of halogens is 1. The van der Waals surface area contributed by atoms with E-state index in [2.05, 4.69) is 24.0 Å². The van der Waals surface area contributed by atoms with E-state index in [1.165, 1.54) is 5.56 Å². The summed E-state index contributed by atoms with van der Waals surface area (Å²) in [5.41, 5.74) is 1.23. The van der Waals surface area contributed by atoms with Crippen LogP contribution >= 0.6 is 0 Å². The van der Waals surface area contributed by atoms with Crippen molar-refractivity contribution in [2.24, 2.45) is 7.05 Å². The lowest BCUT2D eigenvalue weighted by Crippen LogP contribution is -2.23. The van der Waals surface area contributed by atoms with Crippen LogP contribution in [0.5, 0.6) is 0 Å². The molecule has 0 aliphatic rings. The Morgan fingerprint density at radius 2 is 2.19 bits per heavy atom. The topological polar surface area (TPSA) is 21.1 Å². The van der Waals surface area contributed by atoms with E-state index < -0.39 is 0 Å². The molecule has 4 heteroatoms. The molecule has 1 aromatic heterocycles. The number of unbranched alkanes of at least 4 members (excludes halogenated alkanes) is 2. The maximum Gasteiger partial charge on any atom is 0.0894 e. The molecule has 0 fully saturated rings. The third-order valence-corrected chi connectivity index (χ3v) is 3.01. The van der Waals surface area contributed by atoms with Gasteiger partial charge in [-0.15, -0.1) is 0 Å². The van der Waals surface area contributed by atoms with E-state index in [1.54, 1.807) is 0 Å². The van der Waals surface area contributed by atoms with E-state index in [4.69, 9.17) is 0 Å². The molecule has 1 heterocycles. The molecule has 0 N–H and O–H groups in total. The molecule has 1 unspecified atom stereocenters. The average Bonchev–Trinajstić information content (AvgIpc) is 2.70. The summed E-state index contributed by atoms with van der Waals surface area (Å²) in [6.07, 6.45) is 6.67. The summed E-state index contributed by atoms with van der Waals surface area (Å²) in [5.74, 6) is 0. The van der Waals surface area contributed by atoms with Gasteiger partial charge in [0.15, 0.2) is 0 Å². The van der Waals surface area contributed by atoms with Gasteiger partial charge < -0.3 is 0 Å². The molecule has 16 heavy (non-hydrogen) atoms. The predicted molar refractivity (Wildman–Crippen MR) is 64.1 cm³/mol. The monoisotopic (exact) mass is 227 g/mol. The number of rotatable bonds is 7. The summed E-state index contributed by atoms with van der Waals surface area (Å²) in [6.45, 7) is 2.99. The Hall–Kier alpha value is -0.900. The molecule has 1 aromatic rings. The van der Waals surface area contributed by atoms with Gasteiger partial charge in [-0.3, -0.25) is 14.0 Å². The Morgan fingerprint density at radius 1 is 1.44 bits per heavy atom. The van der Waals surface area contributed by atoms with Crippen molar-refractivity contribution in [3.63, 3.8) is 0 Å². The van der Waals surface area contributed by atoms with E-state index in [1.807, 2.05) is 24.1 Å². The van der Waals surface area contributed by atoms with Crippen LogP contribution in [0.1, 0.15) is 37.8 Å². The molecule has 0 radical (unpaired) electrons. The predicted octanol–water partition coefficient (Wildman–Crippen LogP) is 2.55. The zero-order valence-corrected chi connectivity index (χ0v) is 10.5. The molecule has 0 amide bonds. The molecule has 92 valence electrons. The van der Waals surface area contributed by atoms with Crippen LogP contribution in [0, 0.1) is 0 Å². The van der Waals surface area contributed by atoms with Crippen LogP contribution in [-0.4, -0.2) is 34.9 Å². The smallest absolute Gasteiger partial charge is 0.0894 e. The van der Waals surface area contributed by atoms with Gasteiger partial charge in [0.05, 0.1) is 12.9 Å². The van der Waals surface area contributed by atoms with E-state index >= 15 is 0 Å². The average molecular weight is 227 g/mol. The number of aromatic nitrogens is 2. The second kappa shape index (κ2) is 6.63. The highest BCUT2D eigenvalue weighted by atomic mass is 19.1. The van der Waals surface area contributed by atoms with Gasteiger partial charge in [-0.1, -0.05) is 0 Å². The maximum absolute atomic E-state index is 11.9. The van der Waals surface area contributed by atoms with Gasteiger partial charge in [0.2, 0.25) is 0 Å². The quantitative estimate of drug-likeness (QED) is 0.667. The third-order valence-electron chi connectivity index (χ3n) is 3.01. The maximum atomic E-state index is 11.9. The van der Waals surface area contributed by atoms with Gasteiger partial charge in [0, 0.05) is 24.8 Å². The highest BCUT2D eigenvalue weighted by molar-refractivity contribution is 5.08. The van der Waals surface area contributed by atoms with Crippen molar-refractivity contribution < 1.29 is 4.39 Å². The Labute approximate surface area is 97.2 Å². The van der Waals surface area contributed by atoms with E-state index in [9.17, 15) is 4.39 Å². The number of aryl methyl sites for hydroxylation is 1. The molecule has 0 bridgehead atoms. The van der Waals surface area contributed by atoms with Crippen molar-refractivity contribution in [2.75, 3.05) is 20.3 Å². The SMILES string of the molecule is CC(c1cnn(C)c1)N(C)CCCCCF. The van der Waals surface area contributed by atoms with Crippen molar-refractivity contribution in [1.29, 1.82) is 0 Å². The van der Waals surface area contributed by atoms with Gasteiger partial charge in [-0.2, -0.15) is 5.10 Å². The fraction of sp³-hybridized carbons (Fsp3) is 0.750. The zero-order valence-electron chi connectivity index (χ0n) is 10.5. The lowest BCUT2D eigenvalue weighted by atomic mass is 10.1. The summed E-state index contributed by atoms with van der Waals surface area (Å²) in [7, 11) is 4.03. The standard InChI is InChI=1S/C12H22FN3/c1-11(12-9-14-16(3)10-12)15(2)8-6-4-5-7-13/h9-11H,4-8H2,1-3H3. The normalized spacial score (nSPS) is 13.3. The largest absolute Gasteiger partial charge is 0.300 e. The highest BCUT2D eigenvalue weighted by Gasteiger charge is 2.12. The molecule has 0 saturated carbocycles. The Bertz CT molecular complexity index is 298. The summed E-state index contributed by atoms with van der Waals surface area (Å²) in [4.78, 5) is 2.29. The first-order chi connectivity index (χ1) is 7.65. The first kappa shape index (κ1) is 13.2. The molecule has 0 aliphatic carbocycles. The molecular weight excluding hydrogens is 205 g/mol. The van der Waals surface area contributed by atoms with Crippen LogP contribution in [-0.2, 0) is 7.05 Å². The van der Waals surface area contributed by atoms with Crippen molar-refractivity contribution in [3.8, 4) is 0 Å². The number of alkyl halides is 1. The minimum atomic E-state index is -0.193. The van der Waals surface area contributed by atoms with E-state index in [0.717, 1.165) is 19.4 Å². The zero-order chi connectivity index (χ0) is 12.0. The minimum absolute atomic E-state index is 0.193. The molecule has 0 spiro atoms. The molecule has 0 aromatic carbocycles. The Morgan fingerprint density at radius 3 is 2.75 bits per heavy atom. The summed E-state index contributed by atoms with van der Waals surface area (Å²) in [5, 5.41) is 4.17. The number of nitrogens with zero attached hydrogens (tertiary/aromatic N) is 3. The summed E-state index contributed by atoms with van der Waals surface area (Å²) >= 11 is 0. The van der Waals surface area contributed by atoms with Crippen molar-refractivity contribution >= 4 is 0 Å². The molecule has 3 nitrogen and oxygen atoms in total. The van der Waals surface area contributed by atoms with E-state index in [0.29, 0.717) is 12.5 Å².